The van der Waals surface area contributed by atoms with Gasteiger partial charge in [0.15, 0.2) is 0 Å². The molecule has 0 aliphatic carbocycles. The van der Waals surface area contributed by atoms with E-state index < -0.39 is 0 Å². The summed E-state index contributed by atoms with van der Waals surface area (Å²) in [5, 5.41) is 7.84. The van der Waals surface area contributed by atoms with Gasteiger partial charge in [0.2, 0.25) is 0 Å². The minimum absolute atomic E-state index is 0.756. The molecule has 1 aromatic heterocycles. The Balaban J connectivity index is 2.49. The van der Waals surface area contributed by atoms with Crippen LogP contribution in [0.5, 0.6) is 0 Å². The summed E-state index contributed by atoms with van der Waals surface area (Å²) in [6.45, 7) is 2.84. The summed E-state index contributed by atoms with van der Waals surface area (Å²) in [4.78, 5) is 0. The van der Waals surface area contributed by atoms with Crippen LogP contribution in [0, 0.1) is 0 Å². The third kappa shape index (κ3) is 1.46. The van der Waals surface area contributed by atoms with Gasteiger partial charge in [-0.05, 0) is 19.1 Å². The van der Waals surface area contributed by atoms with Crippen LogP contribution in [0.3, 0.4) is 0 Å². The zero-order chi connectivity index (χ0) is 9.97. The Morgan fingerprint density at radius 2 is 2.29 bits per heavy atom. The number of hydrogen-bond donors (Lipinski definition) is 1. The molecule has 0 aliphatic rings. The van der Waals surface area contributed by atoms with E-state index in [2.05, 4.69) is 10.3 Å². The van der Waals surface area contributed by atoms with Gasteiger partial charge in [0.1, 0.15) is 0 Å². The van der Waals surface area contributed by atoms with Crippen molar-refractivity contribution in [2.45, 2.75) is 13.5 Å². The molecule has 4 heteroatoms. The second-order valence-electron chi connectivity index (χ2n) is 3.06. The molecule has 1 aromatic carbocycles. The van der Waals surface area contributed by atoms with Crippen LogP contribution in [0.15, 0.2) is 30.5 Å². The summed E-state index contributed by atoms with van der Waals surface area (Å²) >= 11 is 0. The standard InChI is InChI=1S/C10H12N4/c1-2-14-10(7-12-13-14)8-4-3-5-9(11)6-8/h3-7H,2,11H2,1H3. The van der Waals surface area contributed by atoms with E-state index in [-0.39, 0.29) is 0 Å². The highest BCUT2D eigenvalue weighted by Gasteiger charge is 2.04. The number of anilines is 1. The Morgan fingerprint density at radius 3 is 3.00 bits per heavy atom. The molecule has 0 amide bonds. The number of benzene rings is 1. The first-order valence-corrected chi connectivity index (χ1v) is 4.55. The van der Waals surface area contributed by atoms with Gasteiger partial charge in [-0.25, -0.2) is 4.68 Å². The Hall–Kier alpha value is -1.84. The first-order chi connectivity index (χ1) is 6.81. The number of nitrogens with zero attached hydrogens (tertiary/aromatic N) is 3. The average Bonchev–Trinajstić information content (AvgIpc) is 2.65. The Bertz CT molecular complexity index is 433. The zero-order valence-corrected chi connectivity index (χ0v) is 8.01. The number of nitrogen functional groups attached to an aromatic ring is 1. The molecule has 0 saturated carbocycles. The van der Waals surface area contributed by atoms with Crippen molar-refractivity contribution in [1.82, 2.24) is 15.0 Å². The fourth-order valence-corrected chi connectivity index (χ4v) is 1.41. The largest absolute Gasteiger partial charge is 0.399 e. The molecule has 0 bridgehead atoms. The lowest BCUT2D eigenvalue weighted by Crippen LogP contribution is -1.99. The summed E-state index contributed by atoms with van der Waals surface area (Å²) in [7, 11) is 0. The van der Waals surface area contributed by atoms with Crippen molar-refractivity contribution in [3.63, 3.8) is 0 Å². The minimum Gasteiger partial charge on any atom is -0.399 e. The molecular formula is C10H12N4. The van der Waals surface area contributed by atoms with Gasteiger partial charge in [-0.1, -0.05) is 17.3 Å². The maximum Gasteiger partial charge on any atom is 0.0886 e. The molecule has 0 spiro atoms. The summed E-state index contributed by atoms with van der Waals surface area (Å²) in [5.74, 6) is 0. The van der Waals surface area contributed by atoms with Crippen LogP contribution in [-0.4, -0.2) is 15.0 Å². The van der Waals surface area contributed by atoms with Gasteiger partial charge in [0.25, 0.3) is 0 Å². The maximum atomic E-state index is 5.71. The number of aryl methyl sites for hydroxylation is 1. The van der Waals surface area contributed by atoms with Crippen molar-refractivity contribution in [2.75, 3.05) is 5.73 Å². The monoisotopic (exact) mass is 188 g/mol. The highest BCUT2D eigenvalue weighted by Crippen LogP contribution is 2.19. The molecule has 0 fully saturated rings. The highest BCUT2D eigenvalue weighted by molar-refractivity contribution is 5.63. The summed E-state index contributed by atoms with van der Waals surface area (Å²) < 4.78 is 1.84. The SMILES string of the molecule is CCn1nncc1-c1cccc(N)c1. The van der Waals surface area contributed by atoms with E-state index in [1.807, 2.05) is 35.9 Å². The lowest BCUT2D eigenvalue weighted by Gasteiger charge is -2.03. The molecule has 4 nitrogen and oxygen atoms in total. The predicted molar refractivity (Wildman–Crippen MR) is 55.5 cm³/mol. The molecule has 0 radical (unpaired) electrons. The number of aromatic nitrogens is 3. The summed E-state index contributed by atoms with van der Waals surface area (Å²) in [6.07, 6.45) is 1.75. The molecule has 0 unspecified atom stereocenters. The van der Waals surface area contributed by atoms with E-state index >= 15 is 0 Å². The predicted octanol–water partition coefficient (Wildman–Crippen LogP) is 1.55. The third-order valence-corrected chi connectivity index (χ3v) is 2.10. The molecule has 14 heavy (non-hydrogen) atoms. The van der Waals surface area contributed by atoms with Crippen LogP contribution in [0.4, 0.5) is 5.69 Å². The number of rotatable bonds is 2. The van der Waals surface area contributed by atoms with Crippen LogP contribution in [0.1, 0.15) is 6.92 Å². The van der Waals surface area contributed by atoms with Gasteiger partial charge in [-0.2, -0.15) is 0 Å². The molecule has 0 saturated heterocycles. The van der Waals surface area contributed by atoms with Crippen LogP contribution in [0.2, 0.25) is 0 Å². The summed E-state index contributed by atoms with van der Waals surface area (Å²) in [6, 6.07) is 7.72. The molecule has 0 aliphatic heterocycles. The van der Waals surface area contributed by atoms with Gasteiger partial charge < -0.3 is 5.73 Å². The zero-order valence-electron chi connectivity index (χ0n) is 8.01. The van der Waals surface area contributed by atoms with E-state index in [1.165, 1.54) is 0 Å². The Labute approximate surface area is 82.4 Å². The molecule has 2 aromatic rings. The molecule has 72 valence electrons. The lowest BCUT2D eigenvalue weighted by molar-refractivity contribution is 0.632. The molecule has 0 atom stereocenters. The van der Waals surface area contributed by atoms with Gasteiger partial charge in [-0.3, -0.25) is 0 Å². The van der Waals surface area contributed by atoms with Crippen molar-refractivity contribution in [3.05, 3.63) is 30.5 Å². The van der Waals surface area contributed by atoms with Crippen molar-refractivity contribution in [2.24, 2.45) is 0 Å². The van der Waals surface area contributed by atoms with Crippen molar-refractivity contribution < 1.29 is 0 Å². The Morgan fingerprint density at radius 1 is 1.43 bits per heavy atom. The molecule has 2 N–H and O–H groups in total. The highest BCUT2D eigenvalue weighted by atomic mass is 15.4. The molecule has 2 rings (SSSR count). The average molecular weight is 188 g/mol. The second-order valence-corrected chi connectivity index (χ2v) is 3.06. The number of nitrogens with two attached hydrogens (primary N) is 1. The topological polar surface area (TPSA) is 56.7 Å². The number of hydrogen-bond acceptors (Lipinski definition) is 3. The van der Waals surface area contributed by atoms with Crippen molar-refractivity contribution in [1.29, 1.82) is 0 Å². The van der Waals surface area contributed by atoms with Gasteiger partial charge in [0.05, 0.1) is 11.9 Å². The van der Waals surface area contributed by atoms with Gasteiger partial charge in [-0.15, -0.1) is 5.10 Å². The first-order valence-electron chi connectivity index (χ1n) is 4.55. The fraction of sp³-hybridized carbons (Fsp3) is 0.200. The quantitative estimate of drug-likeness (QED) is 0.727. The minimum atomic E-state index is 0.756. The van der Waals surface area contributed by atoms with E-state index in [0.717, 1.165) is 23.5 Å². The lowest BCUT2D eigenvalue weighted by atomic mass is 10.1. The van der Waals surface area contributed by atoms with Crippen LogP contribution >= 0.6 is 0 Å². The normalized spacial score (nSPS) is 10.4. The molecular weight excluding hydrogens is 176 g/mol. The summed E-state index contributed by atoms with van der Waals surface area (Å²) in [5.41, 5.74) is 8.51. The molecule has 1 heterocycles. The maximum absolute atomic E-state index is 5.71. The first kappa shape index (κ1) is 8.74. The second kappa shape index (κ2) is 3.49. The smallest absolute Gasteiger partial charge is 0.0886 e. The van der Waals surface area contributed by atoms with Crippen LogP contribution in [-0.2, 0) is 6.54 Å². The van der Waals surface area contributed by atoms with E-state index in [0.29, 0.717) is 0 Å². The van der Waals surface area contributed by atoms with E-state index in [1.54, 1.807) is 6.20 Å². The van der Waals surface area contributed by atoms with Gasteiger partial charge in [0, 0.05) is 17.8 Å². The van der Waals surface area contributed by atoms with E-state index in [4.69, 9.17) is 5.73 Å². The van der Waals surface area contributed by atoms with Crippen molar-refractivity contribution in [3.8, 4) is 11.3 Å². The fourth-order valence-electron chi connectivity index (χ4n) is 1.41. The van der Waals surface area contributed by atoms with Crippen LogP contribution in [0.25, 0.3) is 11.3 Å². The van der Waals surface area contributed by atoms with E-state index in [9.17, 15) is 0 Å². The van der Waals surface area contributed by atoms with Gasteiger partial charge >= 0.3 is 0 Å². The Kier molecular flexibility index (Phi) is 2.18. The van der Waals surface area contributed by atoms with Crippen molar-refractivity contribution >= 4 is 5.69 Å². The van der Waals surface area contributed by atoms with Crippen LogP contribution < -0.4 is 5.73 Å². The third-order valence-electron chi connectivity index (χ3n) is 2.10.